The van der Waals surface area contributed by atoms with E-state index < -0.39 is 5.82 Å². The van der Waals surface area contributed by atoms with Gasteiger partial charge in [-0.05, 0) is 30.3 Å². The maximum absolute atomic E-state index is 13.3. The highest BCUT2D eigenvalue weighted by atomic mass is 35.5. The quantitative estimate of drug-likeness (QED) is 0.549. The van der Waals surface area contributed by atoms with Gasteiger partial charge in [0.25, 0.3) is 0 Å². The molecule has 0 aromatic carbocycles. The summed E-state index contributed by atoms with van der Waals surface area (Å²) in [6.45, 7) is 1.41. The Morgan fingerprint density at radius 3 is 2.70 bits per heavy atom. The molecule has 4 heterocycles. The molecule has 0 unspecified atom stereocenters. The maximum Gasteiger partial charge on any atom is 0.222 e. The fraction of sp³-hybridized carbons (Fsp3) is 0.0526. The molecule has 4 aromatic heterocycles. The molecule has 0 bridgehead atoms. The van der Waals surface area contributed by atoms with E-state index in [9.17, 15) is 9.18 Å². The van der Waals surface area contributed by atoms with Crippen LogP contribution in [0.5, 0.6) is 0 Å². The van der Waals surface area contributed by atoms with Gasteiger partial charge in [0, 0.05) is 24.9 Å². The Morgan fingerprint density at radius 2 is 1.96 bits per heavy atom. The molecule has 0 fully saturated rings. The summed E-state index contributed by atoms with van der Waals surface area (Å²) in [7, 11) is 0. The van der Waals surface area contributed by atoms with Gasteiger partial charge in [0.05, 0.1) is 39.2 Å². The average Bonchev–Trinajstić information content (AvgIpc) is 3.03. The van der Waals surface area contributed by atoms with E-state index in [1.807, 2.05) is 0 Å². The van der Waals surface area contributed by atoms with Crippen molar-refractivity contribution < 1.29 is 9.18 Å². The Balaban J connectivity index is 1.98. The van der Waals surface area contributed by atoms with E-state index in [0.29, 0.717) is 38.8 Å². The molecule has 0 saturated heterocycles. The Labute approximate surface area is 158 Å². The first kappa shape index (κ1) is 17.1. The fourth-order valence-electron chi connectivity index (χ4n) is 2.88. The van der Waals surface area contributed by atoms with Crippen LogP contribution in [0.1, 0.15) is 6.92 Å². The van der Waals surface area contributed by atoms with E-state index in [1.165, 1.54) is 13.0 Å². The molecule has 4 aromatic rings. The van der Waals surface area contributed by atoms with Crippen LogP contribution in [0.2, 0.25) is 5.02 Å². The van der Waals surface area contributed by atoms with Crippen LogP contribution in [0.4, 0.5) is 10.2 Å². The van der Waals surface area contributed by atoms with Crippen LogP contribution >= 0.6 is 11.6 Å². The lowest BCUT2D eigenvalue weighted by Gasteiger charge is -2.07. The number of pyridine rings is 3. The first-order valence-electron chi connectivity index (χ1n) is 8.05. The van der Waals surface area contributed by atoms with Crippen LogP contribution < -0.4 is 5.32 Å². The zero-order valence-electron chi connectivity index (χ0n) is 14.1. The van der Waals surface area contributed by atoms with Crippen molar-refractivity contribution in [2.24, 2.45) is 0 Å². The lowest BCUT2D eigenvalue weighted by Crippen LogP contribution is -2.07. The molecule has 4 rings (SSSR count). The lowest BCUT2D eigenvalue weighted by molar-refractivity contribution is -0.114. The van der Waals surface area contributed by atoms with E-state index in [0.717, 1.165) is 11.8 Å². The minimum atomic E-state index is -0.428. The molecule has 0 aliphatic carbocycles. The summed E-state index contributed by atoms with van der Waals surface area (Å²) in [6.07, 6.45) is 4.34. The Kier molecular flexibility index (Phi) is 4.29. The highest BCUT2D eigenvalue weighted by Gasteiger charge is 2.19. The number of hydrogen-bond donors (Lipinski definition) is 2. The number of nitrogens with zero attached hydrogens (tertiary/aromatic N) is 3. The normalized spacial score (nSPS) is 10.9. The molecule has 1 amide bonds. The highest BCUT2D eigenvalue weighted by Crippen LogP contribution is 2.38. The SMILES string of the molecule is CC(=O)Nc1cc(-c2[nH]c3c(Cl)ccnc3c2-c2ccc(F)cn2)ccn1. The van der Waals surface area contributed by atoms with E-state index in [4.69, 9.17) is 11.6 Å². The van der Waals surface area contributed by atoms with Crippen molar-refractivity contribution in [3.63, 3.8) is 0 Å². The van der Waals surface area contributed by atoms with Gasteiger partial charge in [-0.1, -0.05) is 11.6 Å². The van der Waals surface area contributed by atoms with Crippen molar-refractivity contribution in [2.75, 3.05) is 5.32 Å². The zero-order valence-corrected chi connectivity index (χ0v) is 14.9. The second-order valence-electron chi connectivity index (χ2n) is 5.86. The molecular formula is C19H13ClFN5O. The summed E-state index contributed by atoms with van der Waals surface area (Å²) in [6, 6.07) is 8.12. The highest BCUT2D eigenvalue weighted by molar-refractivity contribution is 6.35. The van der Waals surface area contributed by atoms with Gasteiger partial charge in [-0.3, -0.25) is 14.8 Å². The topological polar surface area (TPSA) is 83.6 Å². The lowest BCUT2D eigenvalue weighted by atomic mass is 10.0. The molecule has 6 nitrogen and oxygen atoms in total. The monoisotopic (exact) mass is 381 g/mol. The molecule has 2 N–H and O–H groups in total. The predicted octanol–water partition coefficient (Wildman–Crippen LogP) is 4.44. The summed E-state index contributed by atoms with van der Waals surface area (Å²) in [5, 5.41) is 3.16. The third kappa shape index (κ3) is 3.24. The second-order valence-corrected chi connectivity index (χ2v) is 6.27. The molecule has 0 saturated carbocycles. The summed E-state index contributed by atoms with van der Waals surface area (Å²) in [4.78, 5) is 27.4. The minimum Gasteiger partial charge on any atom is -0.351 e. The third-order valence-electron chi connectivity index (χ3n) is 3.97. The van der Waals surface area contributed by atoms with Crippen LogP contribution in [0.3, 0.4) is 0 Å². The van der Waals surface area contributed by atoms with Crippen LogP contribution in [0, 0.1) is 5.82 Å². The van der Waals surface area contributed by atoms with Gasteiger partial charge in [0.15, 0.2) is 0 Å². The summed E-state index contributed by atoms with van der Waals surface area (Å²) in [5.41, 5.74) is 3.95. The number of amides is 1. The van der Waals surface area contributed by atoms with E-state index >= 15 is 0 Å². The zero-order chi connectivity index (χ0) is 19.0. The number of H-pyrrole nitrogens is 1. The smallest absolute Gasteiger partial charge is 0.222 e. The van der Waals surface area contributed by atoms with Gasteiger partial charge < -0.3 is 10.3 Å². The third-order valence-corrected chi connectivity index (χ3v) is 4.29. The molecule has 0 aliphatic heterocycles. The molecule has 8 heteroatoms. The van der Waals surface area contributed by atoms with Crippen molar-refractivity contribution in [3.05, 3.63) is 59.8 Å². The van der Waals surface area contributed by atoms with Gasteiger partial charge in [0.2, 0.25) is 5.91 Å². The summed E-state index contributed by atoms with van der Waals surface area (Å²) in [5.74, 6) is -0.236. The van der Waals surface area contributed by atoms with Crippen LogP contribution in [0.25, 0.3) is 33.5 Å². The number of fused-ring (bicyclic) bond motifs is 1. The summed E-state index contributed by atoms with van der Waals surface area (Å²) < 4.78 is 13.3. The average molecular weight is 382 g/mol. The van der Waals surface area contributed by atoms with Gasteiger partial charge in [0.1, 0.15) is 11.6 Å². The largest absolute Gasteiger partial charge is 0.351 e. The van der Waals surface area contributed by atoms with E-state index in [-0.39, 0.29) is 5.91 Å². The number of carbonyl (C=O) groups is 1. The first-order valence-corrected chi connectivity index (χ1v) is 8.43. The molecule has 0 aliphatic rings. The Morgan fingerprint density at radius 1 is 1.15 bits per heavy atom. The van der Waals surface area contributed by atoms with E-state index in [2.05, 4.69) is 25.3 Å². The number of nitrogens with one attached hydrogen (secondary N) is 2. The minimum absolute atomic E-state index is 0.221. The molecule has 0 spiro atoms. The second kappa shape index (κ2) is 6.77. The summed E-state index contributed by atoms with van der Waals surface area (Å²) >= 11 is 6.32. The molecule has 0 radical (unpaired) electrons. The number of hydrogen-bond acceptors (Lipinski definition) is 4. The molecule has 0 atom stereocenters. The van der Waals surface area contributed by atoms with Crippen LogP contribution in [-0.2, 0) is 4.79 Å². The van der Waals surface area contributed by atoms with Crippen molar-refractivity contribution in [2.45, 2.75) is 6.92 Å². The van der Waals surface area contributed by atoms with Crippen LogP contribution in [-0.4, -0.2) is 25.8 Å². The fourth-order valence-corrected chi connectivity index (χ4v) is 3.07. The Hall–Kier alpha value is -3.32. The molecule has 27 heavy (non-hydrogen) atoms. The number of carbonyl (C=O) groups excluding carboxylic acids is 1. The number of aromatic nitrogens is 4. The van der Waals surface area contributed by atoms with Crippen molar-refractivity contribution in [3.8, 4) is 22.5 Å². The van der Waals surface area contributed by atoms with Crippen molar-refractivity contribution in [1.29, 1.82) is 0 Å². The number of aromatic amines is 1. The molecular weight excluding hydrogens is 369 g/mol. The maximum atomic E-state index is 13.3. The van der Waals surface area contributed by atoms with Gasteiger partial charge in [-0.2, -0.15) is 0 Å². The first-order chi connectivity index (χ1) is 13.0. The standard InChI is InChI=1S/C19H13ClFN5O/c1-10(27)25-15-8-11(4-6-22-15)17-16(14-3-2-12(21)9-24-14)19-18(26-17)13(20)5-7-23-19/h2-9,26H,1H3,(H,22,25,27). The van der Waals surface area contributed by atoms with Gasteiger partial charge in [-0.25, -0.2) is 9.37 Å². The van der Waals surface area contributed by atoms with Gasteiger partial charge >= 0.3 is 0 Å². The Bertz CT molecular complexity index is 1160. The van der Waals surface area contributed by atoms with Crippen molar-refractivity contribution in [1.82, 2.24) is 19.9 Å². The van der Waals surface area contributed by atoms with Gasteiger partial charge in [-0.15, -0.1) is 0 Å². The predicted molar refractivity (Wildman–Crippen MR) is 102 cm³/mol. The number of halogens is 2. The van der Waals surface area contributed by atoms with Crippen molar-refractivity contribution >= 4 is 34.4 Å². The number of rotatable bonds is 3. The van der Waals surface area contributed by atoms with Crippen LogP contribution in [0.15, 0.2) is 48.9 Å². The number of anilines is 1. The van der Waals surface area contributed by atoms with E-state index in [1.54, 1.807) is 36.7 Å². The molecule has 134 valence electrons.